The first-order valence-corrected chi connectivity index (χ1v) is 3.81. The van der Waals surface area contributed by atoms with E-state index in [4.69, 9.17) is 0 Å². The first kappa shape index (κ1) is 8.99. The number of cyclic esters (lactones) is 2. The monoisotopic (exact) mass is 173 g/mol. The van der Waals surface area contributed by atoms with Gasteiger partial charge >= 0.3 is 11.9 Å². The highest BCUT2D eigenvalue weighted by Crippen LogP contribution is 1.91. The molecule has 0 aromatic carbocycles. The lowest BCUT2D eigenvalue weighted by atomic mass is 10.4. The van der Waals surface area contributed by atoms with Gasteiger partial charge in [0.15, 0.2) is 0 Å². The molecule has 1 rings (SSSR count). The van der Waals surface area contributed by atoms with Crippen LogP contribution in [0.25, 0.3) is 0 Å². The normalized spacial score (nSPS) is 21.0. The second-order valence-electron chi connectivity index (χ2n) is 2.37. The first-order chi connectivity index (χ1) is 5.79. The molecule has 1 aliphatic rings. The number of rotatable bonds is 0. The van der Waals surface area contributed by atoms with E-state index in [0.717, 1.165) is 0 Å². The summed E-state index contributed by atoms with van der Waals surface area (Å²) in [5, 5.41) is 2.94. The lowest BCUT2D eigenvalue weighted by Crippen LogP contribution is -2.29. The predicted molar refractivity (Wildman–Crippen MR) is 39.4 cm³/mol. The Bertz CT molecular complexity index is 162. The summed E-state index contributed by atoms with van der Waals surface area (Å²) in [7, 11) is 0. The number of hydrogen-bond acceptors (Lipinski definition) is 5. The van der Waals surface area contributed by atoms with E-state index in [1.165, 1.54) is 0 Å². The zero-order valence-corrected chi connectivity index (χ0v) is 6.67. The Morgan fingerprint density at radius 3 is 2.00 bits per heavy atom. The number of carbonyl (C=O) groups is 2. The van der Waals surface area contributed by atoms with Crippen molar-refractivity contribution in [1.82, 2.24) is 5.32 Å². The average molecular weight is 173 g/mol. The van der Waals surface area contributed by atoms with Gasteiger partial charge in [-0.25, -0.2) is 0 Å². The first-order valence-electron chi connectivity index (χ1n) is 3.81. The van der Waals surface area contributed by atoms with Crippen LogP contribution in [0.5, 0.6) is 0 Å². The fourth-order valence-electron chi connectivity index (χ4n) is 0.819. The molecule has 68 valence electrons. The van der Waals surface area contributed by atoms with Gasteiger partial charge in [-0.2, -0.15) is 0 Å². The van der Waals surface area contributed by atoms with Gasteiger partial charge in [0, 0.05) is 13.1 Å². The second kappa shape index (κ2) is 4.71. The van der Waals surface area contributed by atoms with Crippen molar-refractivity contribution >= 4 is 11.9 Å². The van der Waals surface area contributed by atoms with Gasteiger partial charge < -0.3 is 14.8 Å². The molecule has 5 heteroatoms. The highest BCUT2D eigenvalue weighted by Gasteiger charge is 2.12. The molecule has 1 heterocycles. The van der Waals surface area contributed by atoms with Gasteiger partial charge in [-0.15, -0.1) is 0 Å². The molecule has 1 N–H and O–H groups in total. The second-order valence-corrected chi connectivity index (χ2v) is 2.37. The molecule has 0 amide bonds. The van der Waals surface area contributed by atoms with Gasteiger partial charge in [-0.3, -0.25) is 9.59 Å². The van der Waals surface area contributed by atoms with Crippen LogP contribution in [-0.2, 0) is 19.1 Å². The van der Waals surface area contributed by atoms with E-state index in [0.29, 0.717) is 26.3 Å². The van der Waals surface area contributed by atoms with Crippen molar-refractivity contribution in [2.45, 2.75) is 6.42 Å². The van der Waals surface area contributed by atoms with Crippen LogP contribution in [0.4, 0.5) is 0 Å². The molecular formula is C7H11NO4. The van der Waals surface area contributed by atoms with Gasteiger partial charge in [0.25, 0.3) is 0 Å². The molecule has 0 aromatic heterocycles. The molecule has 1 fully saturated rings. The number of ether oxygens (including phenoxy) is 2. The van der Waals surface area contributed by atoms with Gasteiger partial charge in [0.05, 0.1) is 0 Å². The summed E-state index contributed by atoms with van der Waals surface area (Å²) in [5.41, 5.74) is 0. The van der Waals surface area contributed by atoms with E-state index in [-0.39, 0.29) is 6.42 Å². The van der Waals surface area contributed by atoms with E-state index in [9.17, 15) is 9.59 Å². The van der Waals surface area contributed by atoms with Crippen LogP contribution in [0.15, 0.2) is 0 Å². The molecule has 0 spiro atoms. The van der Waals surface area contributed by atoms with Gasteiger partial charge in [-0.1, -0.05) is 0 Å². The maximum Gasteiger partial charge on any atom is 0.317 e. The summed E-state index contributed by atoms with van der Waals surface area (Å²) in [6, 6.07) is 0. The minimum atomic E-state index is -0.524. The SMILES string of the molecule is O=C1CC(=O)OCCNCCO1. The summed E-state index contributed by atoms with van der Waals surface area (Å²) in [4.78, 5) is 21.5. The highest BCUT2D eigenvalue weighted by molar-refractivity contribution is 5.91. The largest absolute Gasteiger partial charge is 0.464 e. The molecule has 12 heavy (non-hydrogen) atoms. The van der Waals surface area contributed by atoms with E-state index < -0.39 is 11.9 Å². The lowest BCUT2D eigenvalue weighted by Gasteiger charge is -2.09. The summed E-state index contributed by atoms with van der Waals surface area (Å²) in [6.45, 7) is 1.82. The molecule has 0 aromatic rings. The molecule has 0 saturated carbocycles. The maximum atomic E-state index is 10.8. The fourth-order valence-corrected chi connectivity index (χ4v) is 0.819. The Balaban J connectivity index is 2.34. The number of nitrogens with one attached hydrogen (secondary N) is 1. The predicted octanol–water partition coefficient (Wildman–Crippen LogP) is -0.934. The van der Waals surface area contributed by atoms with Gasteiger partial charge in [-0.05, 0) is 0 Å². The zero-order valence-electron chi connectivity index (χ0n) is 6.67. The third-order valence-corrected chi connectivity index (χ3v) is 1.37. The van der Waals surface area contributed by atoms with Crippen molar-refractivity contribution in [1.29, 1.82) is 0 Å². The molecule has 0 atom stereocenters. The van der Waals surface area contributed by atoms with Crippen molar-refractivity contribution in [3.63, 3.8) is 0 Å². The Hall–Kier alpha value is -1.10. The van der Waals surface area contributed by atoms with Crippen molar-refractivity contribution in [2.75, 3.05) is 26.3 Å². The zero-order chi connectivity index (χ0) is 8.81. The topological polar surface area (TPSA) is 64.6 Å². The van der Waals surface area contributed by atoms with Crippen molar-refractivity contribution < 1.29 is 19.1 Å². The van der Waals surface area contributed by atoms with Crippen LogP contribution in [-0.4, -0.2) is 38.2 Å². The average Bonchev–Trinajstić information content (AvgIpc) is 2.02. The Labute approximate surface area is 70.0 Å². The summed E-state index contributed by atoms with van der Waals surface area (Å²) < 4.78 is 9.37. The molecule has 0 radical (unpaired) electrons. The Morgan fingerprint density at radius 2 is 1.50 bits per heavy atom. The quantitative estimate of drug-likeness (QED) is 0.378. The maximum absolute atomic E-state index is 10.8. The molecule has 1 aliphatic heterocycles. The number of esters is 2. The van der Waals surface area contributed by atoms with E-state index in [2.05, 4.69) is 14.8 Å². The molecule has 1 saturated heterocycles. The Kier molecular flexibility index (Phi) is 3.53. The van der Waals surface area contributed by atoms with E-state index >= 15 is 0 Å². The third kappa shape index (κ3) is 3.34. The molecule has 0 bridgehead atoms. The van der Waals surface area contributed by atoms with Crippen LogP contribution in [0.1, 0.15) is 6.42 Å². The molecule has 0 aliphatic carbocycles. The van der Waals surface area contributed by atoms with Crippen LogP contribution in [0.2, 0.25) is 0 Å². The minimum absolute atomic E-state index is 0.278. The summed E-state index contributed by atoms with van der Waals surface area (Å²) in [5.74, 6) is -1.05. The number of hydrogen-bond donors (Lipinski definition) is 1. The molecule has 0 unspecified atom stereocenters. The van der Waals surface area contributed by atoms with Crippen LogP contribution in [0, 0.1) is 0 Å². The summed E-state index contributed by atoms with van der Waals surface area (Å²) in [6.07, 6.45) is -0.278. The smallest absolute Gasteiger partial charge is 0.317 e. The summed E-state index contributed by atoms with van der Waals surface area (Å²) >= 11 is 0. The van der Waals surface area contributed by atoms with Gasteiger partial charge in [0.2, 0.25) is 0 Å². The van der Waals surface area contributed by atoms with Crippen LogP contribution >= 0.6 is 0 Å². The number of carbonyl (C=O) groups excluding carboxylic acids is 2. The minimum Gasteiger partial charge on any atom is -0.464 e. The highest BCUT2D eigenvalue weighted by atomic mass is 16.6. The van der Waals surface area contributed by atoms with Crippen molar-refractivity contribution in [2.24, 2.45) is 0 Å². The van der Waals surface area contributed by atoms with Crippen molar-refractivity contribution in [3.8, 4) is 0 Å². The standard InChI is InChI=1S/C7H11NO4/c9-6-5-7(10)12-4-2-8-1-3-11-6/h8H,1-5H2. The molecular weight excluding hydrogens is 162 g/mol. The third-order valence-electron chi connectivity index (χ3n) is 1.37. The van der Waals surface area contributed by atoms with Crippen molar-refractivity contribution in [3.05, 3.63) is 0 Å². The van der Waals surface area contributed by atoms with Crippen LogP contribution < -0.4 is 5.32 Å². The van der Waals surface area contributed by atoms with Gasteiger partial charge in [0.1, 0.15) is 19.6 Å². The van der Waals surface area contributed by atoms with E-state index in [1.807, 2.05) is 0 Å². The fraction of sp³-hybridized carbons (Fsp3) is 0.714. The van der Waals surface area contributed by atoms with Crippen LogP contribution in [0.3, 0.4) is 0 Å². The lowest BCUT2D eigenvalue weighted by molar-refractivity contribution is -0.155. The van der Waals surface area contributed by atoms with E-state index in [1.54, 1.807) is 0 Å². The molecule has 5 nitrogen and oxygen atoms in total. The Morgan fingerprint density at radius 1 is 1.00 bits per heavy atom.